The van der Waals surface area contributed by atoms with Crippen LogP contribution in [0.4, 0.5) is 0 Å². The number of hydrogen-bond donors (Lipinski definition) is 0. The highest BCUT2D eigenvalue weighted by atomic mass is 35.5. The van der Waals surface area contributed by atoms with Gasteiger partial charge >= 0.3 is 0 Å². The number of halogens is 2. The van der Waals surface area contributed by atoms with E-state index in [1.807, 2.05) is 0 Å². The van der Waals surface area contributed by atoms with Gasteiger partial charge in [0.25, 0.3) is 0 Å². The van der Waals surface area contributed by atoms with Crippen LogP contribution in [0.5, 0.6) is 0 Å². The molecular weight excluding hydrogens is 315 g/mol. The fraction of sp³-hybridized carbons (Fsp3) is 1.00. The molecule has 0 unspecified atom stereocenters. The molecular formula is C18H38Cl2N2. The van der Waals surface area contributed by atoms with Gasteiger partial charge in [-0.25, -0.2) is 0 Å². The largest absolute Gasteiger partial charge is 0.309 e. The summed E-state index contributed by atoms with van der Waals surface area (Å²) < 4.78 is 0. The van der Waals surface area contributed by atoms with Crippen molar-refractivity contribution in [1.82, 2.24) is 9.80 Å². The Hall–Kier alpha value is 0.500. The van der Waals surface area contributed by atoms with E-state index in [2.05, 4.69) is 37.7 Å². The predicted molar refractivity (Wildman–Crippen MR) is 103 cm³/mol. The zero-order chi connectivity index (χ0) is 14.6. The van der Waals surface area contributed by atoms with Crippen molar-refractivity contribution >= 4 is 24.8 Å². The number of likely N-dealkylation sites (tertiary alicyclic amines) is 1. The minimum Gasteiger partial charge on any atom is -0.309 e. The van der Waals surface area contributed by atoms with Crippen LogP contribution in [0.25, 0.3) is 0 Å². The maximum Gasteiger partial charge on any atom is 0.00385 e. The molecule has 0 radical (unpaired) electrons. The molecule has 2 aliphatic rings. The van der Waals surface area contributed by atoms with Gasteiger partial charge in [0, 0.05) is 6.54 Å². The van der Waals surface area contributed by atoms with Gasteiger partial charge in [0.05, 0.1) is 0 Å². The number of rotatable bonds is 6. The topological polar surface area (TPSA) is 6.48 Å². The lowest BCUT2D eigenvalue weighted by Gasteiger charge is -2.44. The molecule has 2 nitrogen and oxygen atoms in total. The fourth-order valence-corrected chi connectivity index (χ4v) is 4.51. The number of nitrogens with zero attached hydrogens (tertiary/aromatic N) is 2. The Morgan fingerprint density at radius 1 is 0.909 bits per heavy atom. The SMILES string of the molecule is CCC1(CC)CCC2(CCN(CCCN(C)C)C2)CC1.Cl.Cl. The molecule has 4 heteroatoms. The van der Waals surface area contributed by atoms with Crippen molar-refractivity contribution in [2.24, 2.45) is 10.8 Å². The normalized spacial score (nSPS) is 23.3. The lowest BCUT2D eigenvalue weighted by atomic mass is 9.61. The molecule has 1 saturated carbocycles. The zero-order valence-electron chi connectivity index (χ0n) is 15.2. The predicted octanol–water partition coefficient (Wildman–Crippen LogP) is 4.85. The third kappa shape index (κ3) is 5.54. The molecule has 1 saturated heterocycles. The van der Waals surface area contributed by atoms with Gasteiger partial charge in [-0.3, -0.25) is 0 Å². The van der Waals surface area contributed by atoms with Crippen LogP contribution in [0.15, 0.2) is 0 Å². The first-order chi connectivity index (χ1) is 9.53. The Bertz CT molecular complexity index is 293. The van der Waals surface area contributed by atoms with Gasteiger partial charge in [0.1, 0.15) is 0 Å². The first-order valence-electron chi connectivity index (χ1n) is 8.90. The maximum atomic E-state index is 2.74. The summed E-state index contributed by atoms with van der Waals surface area (Å²) in [4.78, 5) is 5.05. The molecule has 0 aromatic rings. The van der Waals surface area contributed by atoms with Gasteiger partial charge in [0.15, 0.2) is 0 Å². The molecule has 0 aromatic heterocycles. The van der Waals surface area contributed by atoms with E-state index in [1.54, 1.807) is 0 Å². The van der Waals surface area contributed by atoms with Crippen molar-refractivity contribution in [3.05, 3.63) is 0 Å². The third-order valence-corrected chi connectivity index (χ3v) is 6.47. The Labute approximate surface area is 151 Å². The summed E-state index contributed by atoms with van der Waals surface area (Å²) in [6, 6.07) is 0. The Morgan fingerprint density at radius 2 is 1.50 bits per heavy atom. The summed E-state index contributed by atoms with van der Waals surface area (Å²) in [6.07, 6.45) is 11.6. The monoisotopic (exact) mass is 352 g/mol. The van der Waals surface area contributed by atoms with Gasteiger partial charge in [-0.1, -0.05) is 26.7 Å². The van der Waals surface area contributed by atoms with Crippen LogP contribution in [-0.2, 0) is 0 Å². The second-order valence-corrected chi connectivity index (χ2v) is 7.89. The highest BCUT2D eigenvalue weighted by molar-refractivity contribution is 5.85. The molecule has 0 N–H and O–H groups in total. The van der Waals surface area contributed by atoms with E-state index in [1.165, 1.54) is 77.5 Å². The molecule has 0 amide bonds. The average Bonchev–Trinajstić information content (AvgIpc) is 2.84. The van der Waals surface area contributed by atoms with Crippen molar-refractivity contribution in [2.75, 3.05) is 40.3 Å². The molecule has 22 heavy (non-hydrogen) atoms. The molecule has 0 aromatic carbocycles. The van der Waals surface area contributed by atoms with Crippen molar-refractivity contribution in [1.29, 1.82) is 0 Å². The van der Waals surface area contributed by atoms with E-state index in [0.29, 0.717) is 10.8 Å². The molecule has 2 rings (SSSR count). The Kier molecular flexibility index (Phi) is 9.93. The van der Waals surface area contributed by atoms with Gasteiger partial charge in [-0.15, -0.1) is 24.8 Å². The molecule has 2 fully saturated rings. The van der Waals surface area contributed by atoms with Crippen LogP contribution in [0.3, 0.4) is 0 Å². The van der Waals surface area contributed by atoms with Crippen molar-refractivity contribution in [2.45, 2.75) is 65.2 Å². The van der Waals surface area contributed by atoms with Crippen LogP contribution < -0.4 is 0 Å². The lowest BCUT2D eigenvalue weighted by molar-refractivity contribution is 0.0734. The van der Waals surface area contributed by atoms with E-state index in [9.17, 15) is 0 Å². The average molecular weight is 353 g/mol. The molecule has 1 aliphatic heterocycles. The van der Waals surface area contributed by atoms with Crippen LogP contribution in [0, 0.1) is 10.8 Å². The summed E-state index contributed by atoms with van der Waals surface area (Å²) in [5, 5.41) is 0. The fourth-order valence-electron chi connectivity index (χ4n) is 4.51. The van der Waals surface area contributed by atoms with E-state index < -0.39 is 0 Å². The third-order valence-electron chi connectivity index (χ3n) is 6.47. The van der Waals surface area contributed by atoms with E-state index in [-0.39, 0.29) is 24.8 Å². The van der Waals surface area contributed by atoms with E-state index in [0.717, 1.165) is 0 Å². The first kappa shape index (κ1) is 22.5. The smallest absolute Gasteiger partial charge is 0.00385 e. The summed E-state index contributed by atoms with van der Waals surface area (Å²) in [5.41, 5.74) is 1.40. The van der Waals surface area contributed by atoms with Crippen LogP contribution in [0.1, 0.15) is 65.2 Å². The van der Waals surface area contributed by atoms with Crippen LogP contribution in [-0.4, -0.2) is 50.1 Å². The second kappa shape index (κ2) is 9.71. The molecule has 0 atom stereocenters. The quantitative estimate of drug-likeness (QED) is 0.673. The molecule has 134 valence electrons. The standard InChI is InChI=1S/C18H36N2.2ClH/c1-5-17(6-2)8-10-18(11-9-17)12-15-20(16-18)14-7-13-19(3)4;;/h5-16H2,1-4H3;2*1H. The second-order valence-electron chi connectivity index (χ2n) is 7.89. The first-order valence-corrected chi connectivity index (χ1v) is 8.90. The van der Waals surface area contributed by atoms with E-state index >= 15 is 0 Å². The van der Waals surface area contributed by atoms with Crippen LogP contribution in [0.2, 0.25) is 0 Å². The zero-order valence-corrected chi connectivity index (χ0v) is 16.8. The minimum absolute atomic E-state index is 0. The maximum absolute atomic E-state index is 2.74. The molecule has 1 spiro atoms. The minimum atomic E-state index is 0. The highest BCUT2D eigenvalue weighted by Gasteiger charge is 2.44. The lowest BCUT2D eigenvalue weighted by Crippen LogP contribution is -2.36. The molecule has 0 bridgehead atoms. The summed E-state index contributed by atoms with van der Waals surface area (Å²) >= 11 is 0. The Balaban J connectivity index is 0.00000220. The van der Waals surface area contributed by atoms with Crippen molar-refractivity contribution < 1.29 is 0 Å². The summed E-state index contributed by atoms with van der Waals surface area (Å²) in [7, 11) is 4.36. The number of hydrogen-bond acceptors (Lipinski definition) is 2. The van der Waals surface area contributed by atoms with Gasteiger partial charge in [-0.2, -0.15) is 0 Å². The Morgan fingerprint density at radius 3 is 2.00 bits per heavy atom. The van der Waals surface area contributed by atoms with Crippen LogP contribution >= 0.6 is 24.8 Å². The van der Waals surface area contributed by atoms with Crippen molar-refractivity contribution in [3.63, 3.8) is 0 Å². The highest BCUT2D eigenvalue weighted by Crippen LogP contribution is 2.52. The molecule has 1 aliphatic carbocycles. The van der Waals surface area contributed by atoms with Crippen molar-refractivity contribution in [3.8, 4) is 0 Å². The molecule has 1 heterocycles. The summed E-state index contributed by atoms with van der Waals surface area (Å²) in [5.74, 6) is 0. The van der Waals surface area contributed by atoms with Gasteiger partial charge < -0.3 is 9.80 Å². The summed E-state index contributed by atoms with van der Waals surface area (Å²) in [6.45, 7) is 10.1. The van der Waals surface area contributed by atoms with E-state index in [4.69, 9.17) is 0 Å². The van der Waals surface area contributed by atoms with Gasteiger partial charge in [0.2, 0.25) is 0 Å². The van der Waals surface area contributed by atoms with Gasteiger partial charge in [-0.05, 0) is 83.1 Å².